The molecule has 0 radical (unpaired) electrons. The van der Waals surface area contributed by atoms with Gasteiger partial charge in [-0.1, -0.05) is 11.6 Å². The second-order valence-electron chi connectivity index (χ2n) is 8.19. The van der Waals surface area contributed by atoms with Gasteiger partial charge in [-0.25, -0.2) is 19.9 Å². The van der Waals surface area contributed by atoms with E-state index in [1.165, 1.54) is 20.3 Å². The zero-order valence-electron chi connectivity index (χ0n) is 21.1. The van der Waals surface area contributed by atoms with Crippen LogP contribution in [0.1, 0.15) is 28.5 Å². The summed E-state index contributed by atoms with van der Waals surface area (Å²) < 4.78 is 83.2. The number of hydrogen-bond donors (Lipinski definition) is 5. The van der Waals surface area contributed by atoms with Crippen molar-refractivity contribution >= 4 is 46.8 Å². The molecule has 40 heavy (non-hydrogen) atoms. The minimum atomic E-state index is -4.83. The fourth-order valence-corrected chi connectivity index (χ4v) is 3.77. The van der Waals surface area contributed by atoms with Gasteiger partial charge >= 0.3 is 12.4 Å². The standard InChI is InChI=1S/C21H21ClF6N12/c1-8-31-7-12(40(8)4)36-19-33-10(13(21(26,27)28)16(30-3)38-19)5-11-34-14(22)17(35-11)39-18-32-6-9(20(23,24)25)15(29-2)37-18/h6-7H,5H2,1-4H3,(H,34,35)(H2,29,32,37,39)(H2,30,33,36,38). The number of anilines is 6. The molecule has 0 amide bonds. The summed E-state index contributed by atoms with van der Waals surface area (Å²) in [5.74, 6) is -0.400. The first-order valence-electron chi connectivity index (χ1n) is 11.3. The highest BCUT2D eigenvalue weighted by molar-refractivity contribution is 6.31. The number of aromatic amines is 1. The molecule has 0 spiro atoms. The molecule has 0 aliphatic rings. The molecule has 0 saturated carbocycles. The van der Waals surface area contributed by atoms with Crippen molar-refractivity contribution in [2.75, 3.05) is 35.4 Å². The van der Waals surface area contributed by atoms with Crippen LogP contribution in [0.5, 0.6) is 0 Å². The highest BCUT2D eigenvalue weighted by Crippen LogP contribution is 2.38. The Morgan fingerprint density at radius 2 is 1.55 bits per heavy atom. The predicted octanol–water partition coefficient (Wildman–Crippen LogP) is 4.88. The molecule has 4 heterocycles. The van der Waals surface area contributed by atoms with Gasteiger partial charge in [0.15, 0.2) is 5.15 Å². The minimum absolute atomic E-state index is 0.0400. The number of hydrogen-bond acceptors (Lipinski definition) is 10. The first-order valence-corrected chi connectivity index (χ1v) is 11.6. The van der Waals surface area contributed by atoms with Crippen molar-refractivity contribution in [2.45, 2.75) is 25.7 Å². The Hall–Kier alpha value is -4.35. The molecule has 0 aliphatic heterocycles. The number of nitrogens with one attached hydrogen (secondary N) is 5. The van der Waals surface area contributed by atoms with Crippen LogP contribution in [0, 0.1) is 6.92 Å². The Kier molecular flexibility index (Phi) is 7.64. The largest absolute Gasteiger partial charge is 0.421 e. The highest BCUT2D eigenvalue weighted by atomic mass is 35.5. The highest BCUT2D eigenvalue weighted by Gasteiger charge is 2.39. The number of alkyl halides is 6. The smallest absolute Gasteiger partial charge is 0.372 e. The third-order valence-corrected chi connectivity index (χ3v) is 5.85. The lowest BCUT2D eigenvalue weighted by molar-refractivity contribution is -0.138. The molecule has 4 rings (SSSR count). The summed E-state index contributed by atoms with van der Waals surface area (Å²) in [6, 6.07) is 0. The van der Waals surface area contributed by atoms with E-state index < -0.39 is 47.2 Å². The molecule has 4 aromatic rings. The summed E-state index contributed by atoms with van der Waals surface area (Å²) in [4.78, 5) is 26.3. The quantitative estimate of drug-likeness (QED) is 0.180. The normalized spacial score (nSPS) is 12.0. The van der Waals surface area contributed by atoms with Crippen LogP contribution in [0.4, 0.5) is 61.5 Å². The lowest BCUT2D eigenvalue weighted by Crippen LogP contribution is -2.18. The summed E-state index contributed by atoms with van der Waals surface area (Å²) in [5, 5.41) is 9.99. The Balaban J connectivity index is 1.67. The zero-order chi connectivity index (χ0) is 29.4. The average Bonchev–Trinajstić information content (AvgIpc) is 3.37. The van der Waals surface area contributed by atoms with E-state index >= 15 is 0 Å². The number of aryl methyl sites for hydroxylation is 1. The number of H-pyrrole nitrogens is 1. The van der Waals surface area contributed by atoms with Crippen molar-refractivity contribution in [3.05, 3.63) is 46.0 Å². The minimum Gasteiger partial charge on any atom is -0.372 e. The monoisotopic (exact) mass is 590 g/mol. The van der Waals surface area contributed by atoms with Crippen LogP contribution >= 0.6 is 11.6 Å². The molecule has 0 fully saturated rings. The SMILES string of the molecule is CNc1nc(Nc2[nH]c(Cc3nc(Nc4cnc(C)n4C)nc(NC)c3C(F)(F)F)nc2Cl)ncc1C(F)(F)F. The van der Waals surface area contributed by atoms with Crippen molar-refractivity contribution in [1.29, 1.82) is 0 Å². The fourth-order valence-electron chi connectivity index (χ4n) is 3.58. The zero-order valence-corrected chi connectivity index (χ0v) is 21.9. The number of aromatic nitrogens is 8. The van der Waals surface area contributed by atoms with Gasteiger partial charge in [0.1, 0.15) is 46.0 Å². The summed E-state index contributed by atoms with van der Waals surface area (Å²) in [6.07, 6.45) is -7.95. The van der Waals surface area contributed by atoms with Gasteiger partial charge in [0.05, 0.1) is 11.9 Å². The second-order valence-corrected chi connectivity index (χ2v) is 8.55. The van der Waals surface area contributed by atoms with Gasteiger partial charge in [0, 0.05) is 33.8 Å². The Morgan fingerprint density at radius 3 is 2.12 bits per heavy atom. The molecule has 19 heteroatoms. The van der Waals surface area contributed by atoms with E-state index in [1.807, 2.05) is 0 Å². The number of rotatable bonds is 8. The van der Waals surface area contributed by atoms with Crippen LogP contribution in [0.25, 0.3) is 0 Å². The molecule has 0 aliphatic carbocycles. The Morgan fingerprint density at radius 1 is 0.875 bits per heavy atom. The second kappa shape index (κ2) is 10.7. The number of nitrogens with zero attached hydrogens (tertiary/aromatic N) is 7. The van der Waals surface area contributed by atoms with E-state index in [4.69, 9.17) is 11.6 Å². The van der Waals surface area contributed by atoms with Crippen LogP contribution in [-0.2, 0) is 25.8 Å². The van der Waals surface area contributed by atoms with Gasteiger partial charge in [-0.15, -0.1) is 0 Å². The Bertz CT molecular complexity index is 1530. The van der Waals surface area contributed by atoms with Gasteiger partial charge in [0.25, 0.3) is 0 Å². The maximum absolute atomic E-state index is 14.1. The van der Waals surface area contributed by atoms with Gasteiger partial charge in [-0.05, 0) is 6.92 Å². The molecule has 0 bridgehead atoms. The number of imidazole rings is 2. The van der Waals surface area contributed by atoms with Crippen molar-refractivity contribution in [3.8, 4) is 0 Å². The number of halogens is 7. The molecule has 4 aromatic heterocycles. The first kappa shape index (κ1) is 28.7. The summed E-state index contributed by atoms with van der Waals surface area (Å²) in [6.45, 7) is 1.74. The lowest BCUT2D eigenvalue weighted by atomic mass is 10.1. The molecule has 0 aromatic carbocycles. The lowest BCUT2D eigenvalue weighted by Gasteiger charge is -2.17. The Labute approximate surface area is 227 Å². The first-order chi connectivity index (χ1) is 18.7. The molecule has 214 valence electrons. The van der Waals surface area contributed by atoms with Crippen LogP contribution < -0.4 is 21.3 Å². The van der Waals surface area contributed by atoms with Gasteiger partial charge in [0.2, 0.25) is 11.9 Å². The molecule has 0 atom stereocenters. The molecule has 0 saturated heterocycles. The summed E-state index contributed by atoms with van der Waals surface area (Å²) in [7, 11) is 4.24. The van der Waals surface area contributed by atoms with Crippen molar-refractivity contribution in [2.24, 2.45) is 7.05 Å². The van der Waals surface area contributed by atoms with E-state index in [0.717, 1.165) is 0 Å². The van der Waals surface area contributed by atoms with E-state index in [0.29, 0.717) is 17.8 Å². The average molecular weight is 591 g/mol. The van der Waals surface area contributed by atoms with Gasteiger partial charge in [-0.2, -0.15) is 36.3 Å². The van der Waals surface area contributed by atoms with E-state index in [2.05, 4.69) is 56.2 Å². The van der Waals surface area contributed by atoms with Gasteiger partial charge in [-0.3, -0.25) is 0 Å². The molecule has 0 unspecified atom stereocenters. The molecule has 5 N–H and O–H groups in total. The van der Waals surface area contributed by atoms with Crippen LogP contribution in [0.15, 0.2) is 12.4 Å². The third kappa shape index (κ3) is 5.95. The molecular weight excluding hydrogens is 570 g/mol. The molecule has 12 nitrogen and oxygen atoms in total. The van der Waals surface area contributed by atoms with Crippen LogP contribution in [0.2, 0.25) is 5.15 Å². The molecular formula is C21H21ClF6N12. The summed E-state index contributed by atoms with van der Waals surface area (Å²) in [5.41, 5.74) is -2.65. The van der Waals surface area contributed by atoms with Crippen molar-refractivity contribution in [1.82, 2.24) is 39.5 Å². The van der Waals surface area contributed by atoms with Crippen molar-refractivity contribution < 1.29 is 26.3 Å². The van der Waals surface area contributed by atoms with E-state index in [1.54, 1.807) is 18.5 Å². The van der Waals surface area contributed by atoms with E-state index in [-0.39, 0.29) is 28.7 Å². The predicted molar refractivity (Wildman–Crippen MR) is 134 cm³/mol. The van der Waals surface area contributed by atoms with Gasteiger partial charge < -0.3 is 30.8 Å². The fraction of sp³-hybridized carbons (Fsp3) is 0.333. The van der Waals surface area contributed by atoms with Crippen LogP contribution in [0.3, 0.4) is 0 Å². The summed E-state index contributed by atoms with van der Waals surface area (Å²) >= 11 is 6.14. The topological polar surface area (TPSA) is 146 Å². The van der Waals surface area contributed by atoms with E-state index in [9.17, 15) is 26.3 Å². The maximum atomic E-state index is 14.1. The maximum Gasteiger partial charge on any atom is 0.421 e. The third-order valence-electron chi connectivity index (χ3n) is 5.58. The van der Waals surface area contributed by atoms with Crippen LogP contribution in [-0.4, -0.2) is 53.6 Å². The van der Waals surface area contributed by atoms with Crippen molar-refractivity contribution in [3.63, 3.8) is 0 Å².